The number of amides is 1. The van der Waals surface area contributed by atoms with Gasteiger partial charge >= 0.3 is 12.1 Å². The third kappa shape index (κ3) is 4.95. The highest BCUT2D eigenvalue weighted by atomic mass is 19.4. The normalized spacial score (nSPS) is 11.3. The fourth-order valence-corrected chi connectivity index (χ4v) is 2.95. The van der Waals surface area contributed by atoms with Crippen molar-refractivity contribution < 1.29 is 50.2 Å². The summed E-state index contributed by atoms with van der Waals surface area (Å²) >= 11 is 0. The summed E-state index contributed by atoms with van der Waals surface area (Å²) in [7, 11) is 0. The molecule has 2 N–H and O–H groups in total. The minimum Gasteiger partial charge on any atom is -0.478 e. The number of hydrogen-bond donors (Lipinski definition) is 2. The van der Waals surface area contributed by atoms with Gasteiger partial charge in [-0.05, 0) is 55.0 Å². The molecule has 0 unspecified atom stereocenters. The molecule has 34 heavy (non-hydrogen) atoms. The van der Waals surface area contributed by atoms with Crippen LogP contribution in [0, 0.1) is 30.2 Å². The van der Waals surface area contributed by atoms with Crippen LogP contribution in [0.3, 0.4) is 0 Å². The van der Waals surface area contributed by atoms with E-state index in [9.17, 15) is 40.3 Å². The quantitative estimate of drug-likeness (QED) is 0.251. The first-order valence-electron chi connectivity index (χ1n) is 9.17. The summed E-state index contributed by atoms with van der Waals surface area (Å²) in [5.74, 6) is -13.1. The van der Waals surface area contributed by atoms with Gasteiger partial charge in [0.15, 0.2) is 23.3 Å². The number of aromatic carboxylic acids is 1. The Kier molecular flexibility index (Phi) is 6.53. The first-order chi connectivity index (χ1) is 15.8. The van der Waals surface area contributed by atoms with Gasteiger partial charge < -0.3 is 15.2 Å². The van der Waals surface area contributed by atoms with Gasteiger partial charge in [-0.25, -0.2) is 22.4 Å². The monoisotopic (exact) mass is 487 g/mol. The van der Waals surface area contributed by atoms with E-state index >= 15 is 0 Å². The van der Waals surface area contributed by atoms with E-state index in [1.807, 2.05) is 5.32 Å². The number of rotatable bonds is 5. The average Bonchev–Trinajstić information content (AvgIpc) is 2.74. The van der Waals surface area contributed by atoms with Crippen LogP contribution < -0.4 is 10.1 Å². The number of nitrogens with one attached hydrogen (secondary N) is 1. The summed E-state index contributed by atoms with van der Waals surface area (Å²) in [5.41, 5.74) is -4.04. The van der Waals surface area contributed by atoms with E-state index in [1.54, 1.807) is 0 Å². The molecule has 3 aromatic carbocycles. The van der Waals surface area contributed by atoms with Crippen LogP contribution in [0.5, 0.6) is 11.5 Å². The highest BCUT2D eigenvalue weighted by Gasteiger charge is 2.33. The molecule has 3 aromatic rings. The Hall–Kier alpha value is -4.09. The van der Waals surface area contributed by atoms with Gasteiger partial charge in [0.2, 0.25) is 0 Å². The van der Waals surface area contributed by atoms with E-state index in [4.69, 9.17) is 9.84 Å². The summed E-state index contributed by atoms with van der Waals surface area (Å²) in [6.45, 7) is 1.44. The van der Waals surface area contributed by atoms with Crippen molar-refractivity contribution in [2.24, 2.45) is 0 Å². The second-order valence-electron chi connectivity index (χ2n) is 6.92. The van der Waals surface area contributed by atoms with E-state index in [0.29, 0.717) is 0 Å². The number of aryl methyl sites for hydroxylation is 1. The van der Waals surface area contributed by atoms with E-state index in [1.165, 1.54) is 25.1 Å². The van der Waals surface area contributed by atoms with Crippen LogP contribution >= 0.6 is 0 Å². The van der Waals surface area contributed by atoms with Gasteiger partial charge in [0, 0.05) is 5.69 Å². The maximum absolute atomic E-state index is 14.1. The maximum Gasteiger partial charge on any atom is 0.416 e. The number of alkyl halides is 3. The molecule has 3 rings (SSSR count). The number of carboxylic acids is 1. The topological polar surface area (TPSA) is 75.6 Å². The smallest absolute Gasteiger partial charge is 0.416 e. The molecule has 0 heterocycles. The van der Waals surface area contributed by atoms with Crippen molar-refractivity contribution in [3.05, 3.63) is 88.0 Å². The zero-order valence-electron chi connectivity index (χ0n) is 16.9. The number of ether oxygens (including phenoxy) is 1. The number of carboxylic acid groups (broad SMARTS) is 1. The van der Waals surface area contributed by atoms with Crippen LogP contribution in [0.15, 0.2) is 42.5 Å². The van der Waals surface area contributed by atoms with Gasteiger partial charge in [0.1, 0.15) is 17.1 Å². The minimum atomic E-state index is -4.60. The van der Waals surface area contributed by atoms with Crippen molar-refractivity contribution in [3.8, 4) is 11.5 Å². The number of anilines is 1. The lowest BCUT2D eigenvalue weighted by Gasteiger charge is -2.13. The molecule has 0 spiro atoms. The molecule has 0 radical (unpaired) electrons. The first-order valence-corrected chi connectivity index (χ1v) is 9.17. The second-order valence-corrected chi connectivity index (χ2v) is 6.92. The molecule has 0 bridgehead atoms. The fraction of sp³-hybridized carbons (Fsp3) is 0.0909. The molecule has 0 saturated carbocycles. The summed E-state index contributed by atoms with van der Waals surface area (Å²) in [5, 5.41) is 11.0. The van der Waals surface area contributed by atoms with Crippen LogP contribution in [0.2, 0.25) is 0 Å². The SMILES string of the molecule is Cc1cc(Oc2ccc(NC(=O)c3c(F)c(F)c(F)c(F)c3C(=O)O)cc2)cc(C(F)(F)F)c1. The molecule has 0 fully saturated rings. The second kappa shape index (κ2) is 9.04. The van der Waals surface area contributed by atoms with Crippen molar-refractivity contribution in [3.63, 3.8) is 0 Å². The zero-order valence-corrected chi connectivity index (χ0v) is 16.9. The van der Waals surface area contributed by atoms with Crippen LogP contribution in [0.1, 0.15) is 31.8 Å². The molecule has 0 saturated heterocycles. The lowest BCUT2D eigenvalue weighted by Crippen LogP contribution is -2.22. The summed E-state index contributed by atoms with van der Waals surface area (Å²) in [6.07, 6.45) is -4.60. The number of halogens is 7. The number of carbonyl (C=O) groups excluding carboxylic acids is 1. The van der Waals surface area contributed by atoms with E-state index in [0.717, 1.165) is 24.3 Å². The highest BCUT2D eigenvalue weighted by Crippen LogP contribution is 2.34. The van der Waals surface area contributed by atoms with Crippen molar-refractivity contribution in [1.82, 2.24) is 0 Å². The van der Waals surface area contributed by atoms with Crippen LogP contribution in [0.4, 0.5) is 36.4 Å². The molecular weight excluding hydrogens is 475 g/mol. The Labute approximate surface area is 186 Å². The highest BCUT2D eigenvalue weighted by molar-refractivity contribution is 6.11. The Morgan fingerprint density at radius 2 is 1.38 bits per heavy atom. The zero-order chi connectivity index (χ0) is 25.4. The number of carbonyl (C=O) groups is 2. The minimum absolute atomic E-state index is 0.0352. The predicted octanol–water partition coefficient (Wildman–Crippen LogP) is 6.31. The molecule has 0 aliphatic carbocycles. The third-order valence-corrected chi connectivity index (χ3v) is 4.43. The average molecular weight is 487 g/mol. The Morgan fingerprint density at radius 1 is 0.824 bits per heavy atom. The van der Waals surface area contributed by atoms with Crippen LogP contribution in [-0.2, 0) is 6.18 Å². The molecule has 0 atom stereocenters. The molecular formula is C22H12F7NO4. The lowest BCUT2D eigenvalue weighted by molar-refractivity contribution is -0.137. The summed E-state index contributed by atoms with van der Waals surface area (Å²) < 4.78 is 99.0. The molecule has 0 aromatic heterocycles. The summed E-state index contributed by atoms with van der Waals surface area (Å²) in [4.78, 5) is 23.5. The van der Waals surface area contributed by atoms with E-state index in [2.05, 4.69) is 0 Å². The molecule has 178 valence electrons. The molecule has 1 amide bonds. The molecule has 0 aliphatic heterocycles. The van der Waals surface area contributed by atoms with Gasteiger partial charge in [0.25, 0.3) is 5.91 Å². The first kappa shape index (κ1) is 24.6. The Bertz CT molecular complexity index is 1290. The van der Waals surface area contributed by atoms with Crippen molar-refractivity contribution in [2.45, 2.75) is 13.1 Å². The fourth-order valence-electron chi connectivity index (χ4n) is 2.95. The lowest BCUT2D eigenvalue weighted by atomic mass is 10.0. The van der Waals surface area contributed by atoms with Crippen molar-refractivity contribution in [1.29, 1.82) is 0 Å². The van der Waals surface area contributed by atoms with Gasteiger partial charge in [-0.2, -0.15) is 13.2 Å². The maximum atomic E-state index is 14.1. The standard InChI is InChI=1S/C22H12F7NO4/c1-9-6-10(22(27,28)29)8-13(7-9)34-12-4-2-11(3-5-12)30-20(31)14-15(21(32)33)17(24)19(26)18(25)16(14)23/h2-8H,1H3,(H,30,31)(H,32,33). The number of benzene rings is 3. The van der Waals surface area contributed by atoms with Gasteiger partial charge in [-0.1, -0.05) is 0 Å². The van der Waals surface area contributed by atoms with Crippen molar-refractivity contribution >= 4 is 17.6 Å². The van der Waals surface area contributed by atoms with Crippen molar-refractivity contribution in [2.75, 3.05) is 5.32 Å². The van der Waals surface area contributed by atoms with Crippen LogP contribution in [0.25, 0.3) is 0 Å². The van der Waals surface area contributed by atoms with Gasteiger partial charge in [0.05, 0.1) is 11.1 Å². The summed E-state index contributed by atoms with van der Waals surface area (Å²) in [6, 6.07) is 7.73. The Balaban J connectivity index is 1.85. The van der Waals surface area contributed by atoms with E-state index in [-0.39, 0.29) is 22.7 Å². The largest absolute Gasteiger partial charge is 0.478 e. The molecule has 12 heteroatoms. The van der Waals surface area contributed by atoms with Crippen LogP contribution in [-0.4, -0.2) is 17.0 Å². The predicted molar refractivity (Wildman–Crippen MR) is 104 cm³/mol. The Morgan fingerprint density at radius 3 is 1.91 bits per heavy atom. The van der Waals surface area contributed by atoms with Gasteiger partial charge in [-0.15, -0.1) is 0 Å². The third-order valence-electron chi connectivity index (χ3n) is 4.43. The van der Waals surface area contributed by atoms with Gasteiger partial charge in [-0.3, -0.25) is 4.79 Å². The molecule has 0 aliphatic rings. The van der Waals surface area contributed by atoms with E-state index < -0.39 is 58.0 Å². The molecule has 5 nitrogen and oxygen atoms in total. The number of hydrogen-bond acceptors (Lipinski definition) is 3.